The lowest BCUT2D eigenvalue weighted by molar-refractivity contribution is -0.271. The van der Waals surface area contributed by atoms with Crippen molar-refractivity contribution in [2.75, 3.05) is 26.4 Å². The summed E-state index contributed by atoms with van der Waals surface area (Å²) in [5, 5.41) is 70.7. The molecule has 37 heavy (non-hydrogen) atoms. The molecule has 0 aromatic heterocycles. The monoisotopic (exact) mass is 540 g/mol. The van der Waals surface area contributed by atoms with E-state index in [4.69, 9.17) is 29.2 Å². The van der Waals surface area contributed by atoms with E-state index in [1.165, 1.54) is 13.8 Å². The van der Waals surface area contributed by atoms with Gasteiger partial charge in [0.1, 0.15) is 55.3 Å². The second kappa shape index (κ2) is 15.9. The van der Waals surface area contributed by atoms with Gasteiger partial charge < -0.3 is 65.3 Å². The zero-order valence-corrected chi connectivity index (χ0v) is 20.4. The molecule has 0 bridgehead atoms. The molecule has 2 aliphatic rings. The fourth-order valence-corrected chi connectivity index (χ4v) is 3.47. The van der Waals surface area contributed by atoms with E-state index in [0.717, 1.165) is 6.08 Å². The minimum Gasteiger partial charge on any atom is -0.460 e. The van der Waals surface area contributed by atoms with Crippen LogP contribution in [0.1, 0.15) is 13.8 Å². The predicted octanol–water partition coefficient (Wildman–Crippen LogP) is -5.40. The number of rotatable bonds is 9. The standard InChI is InChI=1S/C13H21NO8.C8H15NO6/c1-3-9(17)20-4-5-21-13-10(14-7(2)16)12(19)11(18)8(6-15)22-13;1-3(11)9-5-7(13)6(12)4(2-10)15-8(5)14/h3,8,10-13,15,18-19H,1,4-6H2,2H3,(H,14,16);4-8,10,12-14H,2H2,1H3,(H,9,11)/t8?,10?,11-,12-,13?;4?,5?,6-,7-,8-/m11/s1. The highest BCUT2D eigenvalue weighted by Crippen LogP contribution is 2.22. The van der Waals surface area contributed by atoms with Crippen LogP contribution in [-0.4, -0.2) is 141 Å². The maximum absolute atomic E-state index is 11.2. The van der Waals surface area contributed by atoms with Crippen LogP contribution in [0.5, 0.6) is 0 Å². The normalized spacial score (nSPS) is 35.4. The van der Waals surface area contributed by atoms with Crippen LogP contribution in [0.4, 0.5) is 0 Å². The first-order valence-corrected chi connectivity index (χ1v) is 11.3. The highest BCUT2D eigenvalue weighted by molar-refractivity contribution is 5.81. The Morgan fingerprint density at radius 2 is 1.30 bits per heavy atom. The number of nitrogens with one attached hydrogen (secondary N) is 2. The summed E-state index contributed by atoms with van der Waals surface area (Å²) in [7, 11) is 0. The van der Waals surface area contributed by atoms with Crippen LogP contribution in [0, 0.1) is 0 Å². The first-order chi connectivity index (χ1) is 17.4. The van der Waals surface area contributed by atoms with Crippen molar-refractivity contribution in [2.45, 2.75) is 75.1 Å². The molecule has 16 nitrogen and oxygen atoms in total. The lowest BCUT2D eigenvalue weighted by Crippen LogP contribution is -2.64. The lowest BCUT2D eigenvalue weighted by Gasteiger charge is -2.42. The van der Waals surface area contributed by atoms with Crippen molar-refractivity contribution >= 4 is 17.8 Å². The number of ether oxygens (including phenoxy) is 4. The van der Waals surface area contributed by atoms with E-state index in [2.05, 4.69) is 17.2 Å². The van der Waals surface area contributed by atoms with Crippen LogP contribution >= 0.6 is 0 Å². The molecule has 5 unspecified atom stereocenters. The van der Waals surface area contributed by atoms with Gasteiger partial charge in [0.15, 0.2) is 12.6 Å². The van der Waals surface area contributed by atoms with Gasteiger partial charge in [0.2, 0.25) is 11.8 Å². The fourth-order valence-electron chi connectivity index (χ4n) is 3.47. The van der Waals surface area contributed by atoms with Crippen LogP contribution in [0.3, 0.4) is 0 Å². The molecule has 2 rings (SSSR count). The summed E-state index contributed by atoms with van der Waals surface area (Å²) in [5.41, 5.74) is 0. The quantitative estimate of drug-likeness (QED) is 0.0752. The molecule has 0 saturated carbocycles. The van der Waals surface area contributed by atoms with E-state index in [9.17, 15) is 39.9 Å². The Morgan fingerprint density at radius 3 is 1.78 bits per heavy atom. The van der Waals surface area contributed by atoms with Crippen molar-refractivity contribution in [1.29, 1.82) is 0 Å². The van der Waals surface area contributed by atoms with Gasteiger partial charge >= 0.3 is 5.97 Å². The van der Waals surface area contributed by atoms with Crippen molar-refractivity contribution in [1.82, 2.24) is 10.6 Å². The number of carbonyl (C=O) groups excluding carboxylic acids is 3. The first kappa shape index (κ1) is 32.8. The smallest absolute Gasteiger partial charge is 0.330 e. The van der Waals surface area contributed by atoms with Crippen LogP contribution in [0.15, 0.2) is 12.7 Å². The number of amides is 2. The van der Waals surface area contributed by atoms with Crippen LogP contribution < -0.4 is 10.6 Å². The number of aliphatic hydroxyl groups is 7. The Balaban J connectivity index is 0.000000397. The van der Waals surface area contributed by atoms with E-state index in [-0.39, 0.29) is 13.2 Å². The Bertz CT molecular complexity index is 755. The number of esters is 1. The maximum Gasteiger partial charge on any atom is 0.330 e. The molecule has 0 aromatic rings. The minimum atomic E-state index is -1.45. The highest BCUT2D eigenvalue weighted by atomic mass is 16.7. The number of carbonyl (C=O) groups is 3. The Hall–Kier alpha value is -2.25. The topological polar surface area (TPSA) is 254 Å². The second-order valence-corrected chi connectivity index (χ2v) is 8.13. The fraction of sp³-hybridized carbons (Fsp3) is 0.762. The molecule has 0 radical (unpaired) electrons. The second-order valence-electron chi connectivity index (χ2n) is 8.13. The van der Waals surface area contributed by atoms with Gasteiger partial charge in [-0.2, -0.15) is 0 Å². The predicted molar refractivity (Wildman–Crippen MR) is 120 cm³/mol. The Morgan fingerprint density at radius 1 is 0.811 bits per heavy atom. The maximum atomic E-state index is 11.2. The molecule has 16 heteroatoms. The summed E-state index contributed by atoms with van der Waals surface area (Å²) in [5.74, 6) is -1.53. The third-order valence-electron chi connectivity index (χ3n) is 5.30. The molecule has 2 saturated heterocycles. The molecule has 2 amide bonds. The average molecular weight is 541 g/mol. The summed E-state index contributed by atoms with van der Waals surface area (Å²) >= 11 is 0. The average Bonchev–Trinajstić information content (AvgIpc) is 2.85. The molecule has 2 heterocycles. The Labute approximate surface area is 212 Å². The van der Waals surface area contributed by atoms with Crippen LogP contribution in [0.25, 0.3) is 0 Å². The summed E-state index contributed by atoms with van der Waals surface area (Å²) in [6.45, 7) is 4.48. The van der Waals surface area contributed by atoms with Gasteiger partial charge in [0, 0.05) is 19.9 Å². The van der Waals surface area contributed by atoms with Gasteiger partial charge in [0.25, 0.3) is 0 Å². The van der Waals surface area contributed by atoms with Gasteiger partial charge in [-0.05, 0) is 0 Å². The third kappa shape index (κ3) is 9.86. The molecule has 0 aliphatic carbocycles. The van der Waals surface area contributed by atoms with E-state index < -0.39 is 92.3 Å². The highest BCUT2D eigenvalue weighted by Gasteiger charge is 2.45. The molecule has 0 aromatic carbocycles. The van der Waals surface area contributed by atoms with E-state index in [1.807, 2.05) is 0 Å². The largest absolute Gasteiger partial charge is 0.460 e. The molecule has 2 fully saturated rings. The summed E-state index contributed by atoms with van der Waals surface area (Å²) < 4.78 is 20.1. The van der Waals surface area contributed by atoms with Crippen LogP contribution in [0.2, 0.25) is 0 Å². The van der Waals surface area contributed by atoms with E-state index >= 15 is 0 Å². The molecular formula is C21H36N2O14. The zero-order chi connectivity index (χ0) is 28.3. The Kier molecular flexibility index (Phi) is 14.1. The molecule has 10 atom stereocenters. The van der Waals surface area contributed by atoms with Crippen molar-refractivity contribution in [3.05, 3.63) is 12.7 Å². The summed E-state index contributed by atoms with van der Waals surface area (Å²) in [4.78, 5) is 32.8. The van der Waals surface area contributed by atoms with Gasteiger partial charge in [-0.1, -0.05) is 6.58 Å². The molecule has 2 aliphatic heterocycles. The molecule has 9 N–H and O–H groups in total. The van der Waals surface area contributed by atoms with Crippen molar-refractivity contribution < 1.29 is 69.1 Å². The lowest BCUT2D eigenvalue weighted by atomic mass is 9.97. The van der Waals surface area contributed by atoms with Gasteiger partial charge in [-0.25, -0.2) is 4.79 Å². The van der Waals surface area contributed by atoms with Gasteiger partial charge in [-0.15, -0.1) is 0 Å². The van der Waals surface area contributed by atoms with Crippen molar-refractivity contribution in [2.24, 2.45) is 0 Å². The van der Waals surface area contributed by atoms with E-state index in [1.54, 1.807) is 0 Å². The zero-order valence-electron chi connectivity index (χ0n) is 20.4. The summed E-state index contributed by atoms with van der Waals surface area (Å²) in [6.07, 6.45) is -9.16. The first-order valence-electron chi connectivity index (χ1n) is 11.3. The number of aliphatic hydroxyl groups excluding tert-OH is 7. The number of hydrogen-bond donors (Lipinski definition) is 9. The van der Waals surface area contributed by atoms with Gasteiger partial charge in [-0.3, -0.25) is 9.59 Å². The molecule has 0 spiro atoms. The number of hydrogen-bond acceptors (Lipinski definition) is 14. The van der Waals surface area contributed by atoms with Gasteiger partial charge in [0.05, 0.1) is 19.8 Å². The summed E-state index contributed by atoms with van der Waals surface area (Å²) in [6, 6.07) is -2.12. The van der Waals surface area contributed by atoms with Crippen LogP contribution in [-0.2, 0) is 33.3 Å². The minimum absolute atomic E-state index is 0.0682. The molecule has 214 valence electrons. The van der Waals surface area contributed by atoms with Crippen molar-refractivity contribution in [3.63, 3.8) is 0 Å². The SMILES string of the molecule is C=CC(=O)OCCOC1OC(CO)[C@@H](O)[C@H](O)C1NC(C)=O.CC(=O)NC1[C@H](O)OC(CO)[C@@H](O)[C@@H]1O. The van der Waals surface area contributed by atoms with E-state index in [0.29, 0.717) is 0 Å². The molecular weight excluding hydrogens is 504 g/mol. The van der Waals surface area contributed by atoms with Crippen molar-refractivity contribution in [3.8, 4) is 0 Å². The third-order valence-corrected chi connectivity index (χ3v) is 5.30.